The van der Waals surface area contributed by atoms with Gasteiger partial charge in [0.25, 0.3) is 5.91 Å². The number of rotatable bonds is 7. The number of carbonyl (C=O) groups is 1. The Labute approximate surface area is 150 Å². The number of benzene rings is 1. The molecule has 138 valence electrons. The molecule has 1 amide bonds. The molecule has 1 atom stereocenters. The molecule has 2 saturated heterocycles. The number of hydrogen-bond acceptors (Lipinski definition) is 5. The third kappa shape index (κ3) is 4.71. The zero-order valence-electron chi connectivity index (χ0n) is 15.1. The first-order valence-electron chi connectivity index (χ1n) is 9.33. The van der Waals surface area contributed by atoms with E-state index in [1.165, 1.54) is 0 Å². The minimum Gasteiger partial charge on any atom is -0.490 e. The third-order valence-corrected chi connectivity index (χ3v) is 4.93. The Morgan fingerprint density at radius 2 is 2.00 bits per heavy atom. The molecule has 25 heavy (non-hydrogen) atoms. The molecule has 0 aliphatic carbocycles. The number of likely N-dealkylation sites (tertiary alicyclic amines) is 1. The van der Waals surface area contributed by atoms with E-state index in [2.05, 4.69) is 10.2 Å². The van der Waals surface area contributed by atoms with Crippen LogP contribution in [0, 0.1) is 0 Å². The van der Waals surface area contributed by atoms with E-state index in [1.807, 2.05) is 36.1 Å². The first kappa shape index (κ1) is 18.2. The van der Waals surface area contributed by atoms with E-state index < -0.39 is 0 Å². The van der Waals surface area contributed by atoms with E-state index in [-0.39, 0.29) is 5.91 Å². The summed E-state index contributed by atoms with van der Waals surface area (Å²) < 4.78 is 11.1. The zero-order chi connectivity index (χ0) is 17.5. The van der Waals surface area contributed by atoms with Gasteiger partial charge in [0, 0.05) is 51.9 Å². The van der Waals surface area contributed by atoms with Gasteiger partial charge < -0.3 is 19.7 Å². The van der Waals surface area contributed by atoms with Gasteiger partial charge in [-0.3, -0.25) is 9.69 Å². The van der Waals surface area contributed by atoms with Crippen molar-refractivity contribution in [2.24, 2.45) is 0 Å². The van der Waals surface area contributed by atoms with E-state index in [1.54, 1.807) is 0 Å². The van der Waals surface area contributed by atoms with Gasteiger partial charge in [-0.1, -0.05) is 12.1 Å². The maximum atomic E-state index is 13.0. The van der Waals surface area contributed by atoms with Gasteiger partial charge in [-0.2, -0.15) is 0 Å². The van der Waals surface area contributed by atoms with Gasteiger partial charge in [-0.15, -0.1) is 0 Å². The van der Waals surface area contributed by atoms with Crippen molar-refractivity contribution in [1.82, 2.24) is 15.1 Å². The van der Waals surface area contributed by atoms with Crippen molar-refractivity contribution in [3.8, 4) is 5.75 Å². The average Bonchev–Trinajstić information content (AvgIpc) is 3.16. The first-order valence-corrected chi connectivity index (χ1v) is 9.33. The fourth-order valence-corrected chi connectivity index (χ4v) is 3.57. The Balaban J connectivity index is 1.59. The smallest absolute Gasteiger partial charge is 0.257 e. The summed E-state index contributed by atoms with van der Waals surface area (Å²) in [5.41, 5.74) is 0.653. The monoisotopic (exact) mass is 347 g/mol. The highest BCUT2D eigenvalue weighted by atomic mass is 16.5. The number of amides is 1. The summed E-state index contributed by atoms with van der Waals surface area (Å²) in [5, 5.41) is 3.39. The maximum absolute atomic E-state index is 13.0. The molecule has 1 aromatic carbocycles. The number of nitrogens with zero attached hydrogens (tertiary/aromatic N) is 2. The molecule has 2 fully saturated rings. The molecule has 1 aromatic rings. The second-order valence-corrected chi connectivity index (χ2v) is 6.52. The molecule has 0 aromatic heterocycles. The van der Waals surface area contributed by atoms with E-state index in [9.17, 15) is 4.79 Å². The van der Waals surface area contributed by atoms with Crippen LogP contribution in [0.1, 0.15) is 23.7 Å². The lowest BCUT2D eigenvalue weighted by Crippen LogP contribution is -2.49. The molecule has 2 aliphatic rings. The highest BCUT2D eigenvalue weighted by Gasteiger charge is 2.32. The molecule has 6 nitrogen and oxygen atoms in total. The minimum atomic E-state index is 0.0737. The summed E-state index contributed by atoms with van der Waals surface area (Å²) in [6.45, 7) is 9.49. The molecule has 0 saturated carbocycles. The lowest BCUT2D eigenvalue weighted by atomic mass is 10.1. The van der Waals surface area contributed by atoms with E-state index >= 15 is 0 Å². The highest BCUT2D eigenvalue weighted by Crippen LogP contribution is 2.24. The van der Waals surface area contributed by atoms with Crippen LogP contribution >= 0.6 is 0 Å². The molecule has 1 N–H and O–H groups in total. The van der Waals surface area contributed by atoms with Crippen LogP contribution in [0.3, 0.4) is 0 Å². The second-order valence-electron chi connectivity index (χ2n) is 6.52. The van der Waals surface area contributed by atoms with Crippen LogP contribution in [0.4, 0.5) is 0 Å². The molecule has 3 rings (SSSR count). The first-order chi connectivity index (χ1) is 12.3. The van der Waals surface area contributed by atoms with Gasteiger partial charge in [-0.25, -0.2) is 0 Å². The van der Waals surface area contributed by atoms with Crippen LogP contribution in [0.2, 0.25) is 0 Å². The normalized spacial score (nSPS) is 21.5. The third-order valence-electron chi connectivity index (χ3n) is 4.93. The molecular formula is C19H29N3O3. The van der Waals surface area contributed by atoms with Crippen molar-refractivity contribution in [3.05, 3.63) is 29.8 Å². The quantitative estimate of drug-likeness (QED) is 0.752. The zero-order valence-corrected chi connectivity index (χ0v) is 15.1. The van der Waals surface area contributed by atoms with Crippen molar-refractivity contribution in [2.45, 2.75) is 19.4 Å². The number of nitrogens with one attached hydrogen (secondary N) is 1. The molecule has 6 heteroatoms. The van der Waals surface area contributed by atoms with E-state index in [0.29, 0.717) is 37.2 Å². The van der Waals surface area contributed by atoms with Crippen LogP contribution in [0.15, 0.2) is 24.3 Å². The predicted molar refractivity (Wildman–Crippen MR) is 97.2 cm³/mol. The van der Waals surface area contributed by atoms with Gasteiger partial charge in [0.1, 0.15) is 12.4 Å². The van der Waals surface area contributed by atoms with Crippen molar-refractivity contribution >= 4 is 5.91 Å². The Hall–Kier alpha value is -1.63. The largest absolute Gasteiger partial charge is 0.490 e. The van der Waals surface area contributed by atoms with Gasteiger partial charge >= 0.3 is 0 Å². The summed E-state index contributed by atoms with van der Waals surface area (Å²) in [7, 11) is 0. The molecule has 2 aliphatic heterocycles. The Kier molecular flexibility index (Phi) is 6.67. The van der Waals surface area contributed by atoms with Gasteiger partial charge in [0.05, 0.1) is 12.2 Å². The summed E-state index contributed by atoms with van der Waals surface area (Å²) in [5.74, 6) is 0.725. The topological polar surface area (TPSA) is 54.0 Å². The minimum absolute atomic E-state index is 0.0737. The van der Waals surface area contributed by atoms with Gasteiger partial charge in [-0.05, 0) is 25.5 Å². The van der Waals surface area contributed by atoms with E-state index in [0.717, 1.165) is 45.7 Å². The van der Waals surface area contributed by atoms with Crippen molar-refractivity contribution in [3.63, 3.8) is 0 Å². The lowest BCUT2D eigenvalue weighted by Gasteiger charge is -2.32. The SMILES string of the molecule is CCOCCOc1ccccc1C(=O)N1CCC(N2CCNCC2)C1. The average molecular weight is 347 g/mol. The standard InChI is InChI=1S/C19H29N3O3/c1-2-24-13-14-25-18-6-4-3-5-17(18)19(23)22-10-7-16(15-22)21-11-8-20-9-12-21/h3-6,16,20H,2,7-15H2,1H3. The summed E-state index contributed by atoms with van der Waals surface area (Å²) in [6, 6.07) is 8.00. The fourth-order valence-electron chi connectivity index (χ4n) is 3.57. The van der Waals surface area contributed by atoms with Crippen molar-refractivity contribution in [2.75, 3.05) is 59.1 Å². The summed E-state index contributed by atoms with van der Waals surface area (Å²) >= 11 is 0. The number of ether oxygens (including phenoxy) is 2. The van der Waals surface area contributed by atoms with Gasteiger partial charge in [0.2, 0.25) is 0 Å². The predicted octanol–water partition coefficient (Wildman–Crippen LogP) is 1.22. The Bertz CT molecular complexity index is 561. The number of piperazine rings is 1. The van der Waals surface area contributed by atoms with Crippen LogP contribution in [0.25, 0.3) is 0 Å². The number of carbonyl (C=O) groups excluding carboxylic acids is 1. The van der Waals surface area contributed by atoms with Crippen molar-refractivity contribution in [1.29, 1.82) is 0 Å². The molecular weight excluding hydrogens is 318 g/mol. The number of para-hydroxylation sites is 1. The molecule has 0 spiro atoms. The summed E-state index contributed by atoms with van der Waals surface area (Å²) in [4.78, 5) is 17.4. The molecule has 2 heterocycles. The molecule has 1 unspecified atom stereocenters. The molecule has 0 bridgehead atoms. The number of hydrogen-bond donors (Lipinski definition) is 1. The van der Waals surface area contributed by atoms with Gasteiger partial charge in [0.15, 0.2) is 0 Å². The van der Waals surface area contributed by atoms with Crippen LogP contribution in [-0.4, -0.2) is 80.8 Å². The van der Waals surface area contributed by atoms with Crippen LogP contribution in [-0.2, 0) is 4.74 Å². The maximum Gasteiger partial charge on any atom is 0.257 e. The van der Waals surface area contributed by atoms with E-state index in [4.69, 9.17) is 9.47 Å². The van der Waals surface area contributed by atoms with Crippen LogP contribution < -0.4 is 10.1 Å². The van der Waals surface area contributed by atoms with Crippen LogP contribution in [0.5, 0.6) is 5.75 Å². The van der Waals surface area contributed by atoms with Crippen molar-refractivity contribution < 1.29 is 14.3 Å². The second kappa shape index (κ2) is 9.17. The fraction of sp³-hybridized carbons (Fsp3) is 0.632. The Morgan fingerprint density at radius 3 is 2.80 bits per heavy atom. The molecule has 0 radical (unpaired) electrons. The lowest BCUT2D eigenvalue weighted by molar-refractivity contribution is 0.0763. The summed E-state index contributed by atoms with van der Waals surface area (Å²) in [6.07, 6.45) is 1.05. The highest BCUT2D eigenvalue weighted by molar-refractivity contribution is 5.97. The Morgan fingerprint density at radius 1 is 1.20 bits per heavy atom.